The summed E-state index contributed by atoms with van der Waals surface area (Å²) in [5.74, 6) is 0. The van der Waals surface area contributed by atoms with Crippen LogP contribution in [0.1, 0.15) is 25.0 Å². The van der Waals surface area contributed by atoms with Gasteiger partial charge in [0.05, 0.1) is 0 Å². The summed E-state index contributed by atoms with van der Waals surface area (Å²) in [5.41, 5.74) is 8.26. The van der Waals surface area contributed by atoms with Crippen LogP contribution in [0.2, 0.25) is 0 Å². The lowest BCUT2D eigenvalue weighted by Crippen LogP contribution is -2.14. The van der Waals surface area contributed by atoms with Crippen LogP contribution >= 0.6 is 33.9 Å². The number of benzene rings is 4. The van der Waals surface area contributed by atoms with Gasteiger partial charge in [0.15, 0.2) is 0 Å². The maximum atomic E-state index is 2.41. The van der Waals surface area contributed by atoms with E-state index >= 15 is 0 Å². The second kappa shape index (κ2) is 6.16. The summed E-state index contributed by atoms with van der Waals surface area (Å²) < 4.78 is 4.01. The fraction of sp³-hybridized carbons (Fsp3) is 0.111. The number of rotatable bonds is 1. The molecule has 0 nitrogen and oxygen atoms in total. The van der Waals surface area contributed by atoms with E-state index < -0.39 is 0 Å². The number of halogens is 1. The molecule has 5 aromatic rings. The molecular formula is C27H19IS. The fourth-order valence-electron chi connectivity index (χ4n) is 4.81. The van der Waals surface area contributed by atoms with Gasteiger partial charge in [0.2, 0.25) is 0 Å². The van der Waals surface area contributed by atoms with E-state index in [0.29, 0.717) is 0 Å². The molecule has 1 aliphatic carbocycles. The van der Waals surface area contributed by atoms with Gasteiger partial charge in [-0.05, 0) is 92.4 Å². The summed E-state index contributed by atoms with van der Waals surface area (Å²) >= 11 is 4.29. The normalized spacial score (nSPS) is 14.3. The van der Waals surface area contributed by atoms with Crippen LogP contribution in [-0.2, 0) is 5.41 Å². The van der Waals surface area contributed by atoms with Gasteiger partial charge >= 0.3 is 0 Å². The predicted octanol–water partition coefficient (Wildman–Crippen LogP) is 8.63. The van der Waals surface area contributed by atoms with E-state index in [9.17, 15) is 0 Å². The molecule has 0 aliphatic heterocycles. The van der Waals surface area contributed by atoms with Crippen molar-refractivity contribution in [2.24, 2.45) is 0 Å². The second-order valence-corrected chi connectivity index (χ2v) is 10.7. The lowest BCUT2D eigenvalue weighted by atomic mass is 9.81. The third-order valence-corrected chi connectivity index (χ3v) is 8.17. The van der Waals surface area contributed by atoms with Crippen molar-refractivity contribution in [1.29, 1.82) is 0 Å². The molecule has 1 aromatic heterocycles. The highest BCUT2D eigenvalue weighted by Crippen LogP contribution is 2.49. The summed E-state index contributed by atoms with van der Waals surface area (Å²) in [6, 6.07) is 29.5. The van der Waals surface area contributed by atoms with E-state index in [2.05, 4.69) is 115 Å². The Labute approximate surface area is 188 Å². The minimum atomic E-state index is 0.0389. The summed E-state index contributed by atoms with van der Waals surface area (Å²) in [4.78, 5) is 0. The van der Waals surface area contributed by atoms with Crippen molar-refractivity contribution in [2.45, 2.75) is 19.3 Å². The first-order valence-corrected chi connectivity index (χ1v) is 11.8. The van der Waals surface area contributed by atoms with Crippen molar-refractivity contribution in [3.05, 3.63) is 93.6 Å². The van der Waals surface area contributed by atoms with Gasteiger partial charge in [0.1, 0.15) is 0 Å². The quantitative estimate of drug-likeness (QED) is 0.201. The third-order valence-electron chi connectivity index (χ3n) is 6.35. The maximum Gasteiger partial charge on any atom is 0.0356 e. The lowest BCUT2D eigenvalue weighted by molar-refractivity contribution is 0.660. The van der Waals surface area contributed by atoms with Crippen LogP contribution in [0.4, 0.5) is 0 Å². The zero-order chi connectivity index (χ0) is 19.8. The van der Waals surface area contributed by atoms with E-state index in [1.54, 1.807) is 0 Å². The highest BCUT2D eigenvalue weighted by molar-refractivity contribution is 14.1. The molecule has 29 heavy (non-hydrogen) atoms. The molecule has 0 spiro atoms. The Morgan fingerprint density at radius 3 is 2.17 bits per heavy atom. The van der Waals surface area contributed by atoms with Crippen LogP contribution in [-0.4, -0.2) is 0 Å². The molecule has 4 aromatic carbocycles. The van der Waals surface area contributed by atoms with E-state index in [1.807, 2.05) is 11.3 Å². The van der Waals surface area contributed by atoms with Crippen molar-refractivity contribution >= 4 is 54.1 Å². The molecule has 0 unspecified atom stereocenters. The molecule has 1 heterocycles. The van der Waals surface area contributed by atoms with Crippen molar-refractivity contribution in [3.63, 3.8) is 0 Å². The van der Waals surface area contributed by atoms with Crippen LogP contribution in [0, 0.1) is 3.57 Å². The summed E-state index contributed by atoms with van der Waals surface area (Å²) in [7, 11) is 0. The molecular weight excluding hydrogens is 483 g/mol. The molecule has 6 rings (SSSR count). The molecule has 2 heteroatoms. The molecule has 0 N–H and O–H groups in total. The summed E-state index contributed by atoms with van der Waals surface area (Å²) in [6.07, 6.45) is 0. The zero-order valence-corrected chi connectivity index (χ0v) is 19.3. The van der Waals surface area contributed by atoms with Crippen LogP contribution in [0.3, 0.4) is 0 Å². The lowest BCUT2D eigenvalue weighted by Gasteiger charge is -2.22. The SMILES string of the molecule is CC1(C)c2ccccc2-c2ccc(-c3ccc4sc5ccc(I)cc5c4c3)cc21. The Morgan fingerprint density at radius 1 is 0.655 bits per heavy atom. The third kappa shape index (κ3) is 2.55. The van der Waals surface area contributed by atoms with Crippen LogP contribution in [0.15, 0.2) is 78.9 Å². The Kier molecular flexibility index (Phi) is 3.76. The number of hydrogen-bond donors (Lipinski definition) is 0. The Balaban J connectivity index is 1.55. The monoisotopic (exact) mass is 502 g/mol. The van der Waals surface area contributed by atoms with Crippen molar-refractivity contribution < 1.29 is 0 Å². The van der Waals surface area contributed by atoms with Crippen molar-refractivity contribution in [1.82, 2.24) is 0 Å². The zero-order valence-electron chi connectivity index (χ0n) is 16.3. The average Bonchev–Trinajstić information content (AvgIpc) is 3.20. The highest BCUT2D eigenvalue weighted by Gasteiger charge is 2.35. The standard InChI is InChI=1S/C27H19IS/c1-27(2)23-6-4-3-5-19(23)20-10-7-17(14-24(20)27)16-8-11-25-21(13-16)22-15-18(28)9-12-26(22)29-25/h3-15H,1-2H3. The molecule has 140 valence electrons. The van der Waals surface area contributed by atoms with Gasteiger partial charge in [-0.1, -0.05) is 56.3 Å². The number of hydrogen-bond acceptors (Lipinski definition) is 1. The molecule has 0 saturated heterocycles. The first kappa shape index (κ1) is 17.7. The Bertz CT molecular complexity index is 1440. The van der Waals surface area contributed by atoms with Gasteiger partial charge in [-0.15, -0.1) is 11.3 Å². The van der Waals surface area contributed by atoms with Crippen LogP contribution < -0.4 is 0 Å². The molecule has 0 amide bonds. The Hall–Kier alpha value is -2.17. The topological polar surface area (TPSA) is 0 Å². The average molecular weight is 502 g/mol. The van der Waals surface area contributed by atoms with E-state index in [1.165, 1.54) is 57.1 Å². The van der Waals surface area contributed by atoms with Gasteiger partial charge < -0.3 is 0 Å². The molecule has 0 bridgehead atoms. The minimum absolute atomic E-state index is 0.0389. The van der Waals surface area contributed by atoms with Crippen molar-refractivity contribution in [3.8, 4) is 22.3 Å². The fourth-order valence-corrected chi connectivity index (χ4v) is 6.37. The van der Waals surface area contributed by atoms with Gasteiger partial charge in [-0.3, -0.25) is 0 Å². The largest absolute Gasteiger partial charge is 0.135 e. The van der Waals surface area contributed by atoms with E-state index in [-0.39, 0.29) is 5.41 Å². The second-order valence-electron chi connectivity index (χ2n) is 8.38. The van der Waals surface area contributed by atoms with Gasteiger partial charge in [-0.25, -0.2) is 0 Å². The first-order chi connectivity index (χ1) is 14.0. The summed E-state index contributed by atoms with van der Waals surface area (Å²) in [6.45, 7) is 4.69. The molecule has 0 radical (unpaired) electrons. The molecule has 0 atom stereocenters. The number of fused-ring (bicyclic) bond motifs is 6. The van der Waals surface area contributed by atoms with Crippen molar-refractivity contribution in [2.75, 3.05) is 0 Å². The minimum Gasteiger partial charge on any atom is -0.135 e. The van der Waals surface area contributed by atoms with E-state index in [4.69, 9.17) is 0 Å². The highest BCUT2D eigenvalue weighted by atomic mass is 127. The predicted molar refractivity (Wildman–Crippen MR) is 135 cm³/mol. The summed E-state index contributed by atoms with van der Waals surface area (Å²) in [5, 5.41) is 2.73. The van der Waals surface area contributed by atoms with E-state index in [0.717, 1.165) is 0 Å². The van der Waals surface area contributed by atoms with Gasteiger partial charge in [0.25, 0.3) is 0 Å². The van der Waals surface area contributed by atoms with Gasteiger partial charge in [0, 0.05) is 29.2 Å². The molecule has 1 aliphatic rings. The number of thiophene rings is 1. The van der Waals surface area contributed by atoms with Crippen LogP contribution in [0.5, 0.6) is 0 Å². The maximum absolute atomic E-state index is 2.41. The molecule has 0 fully saturated rings. The van der Waals surface area contributed by atoms with Crippen LogP contribution in [0.25, 0.3) is 42.4 Å². The van der Waals surface area contributed by atoms with Gasteiger partial charge in [-0.2, -0.15) is 0 Å². The first-order valence-electron chi connectivity index (χ1n) is 9.89. The smallest absolute Gasteiger partial charge is 0.0356 e. The Morgan fingerprint density at radius 2 is 1.31 bits per heavy atom. The molecule has 0 saturated carbocycles.